The number of anilines is 2. The third-order valence-corrected chi connectivity index (χ3v) is 1.93. The third kappa shape index (κ3) is 1.42. The van der Waals surface area contributed by atoms with E-state index in [4.69, 9.17) is 10.5 Å². The second-order valence-corrected chi connectivity index (χ2v) is 2.93. The van der Waals surface area contributed by atoms with E-state index in [1.165, 1.54) is 0 Å². The maximum atomic E-state index is 10.4. The van der Waals surface area contributed by atoms with Gasteiger partial charge in [0.05, 0.1) is 12.2 Å². The molecule has 2 rings (SSSR count). The van der Waals surface area contributed by atoms with E-state index in [0.29, 0.717) is 18.0 Å². The molecular formula is C9H10N2O2. The average Bonchev–Trinajstić information content (AvgIpc) is 2.17. The summed E-state index contributed by atoms with van der Waals surface area (Å²) in [5.74, 6) is 0.678. The molecule has 3 N–H and O–H groups in total. The Hall–Kier alpha value is -1.71. The van der Waals surface area contributed by atoms with Crippen LogP contribution in [0.15, 0.2) is 18.2 Å². The largest absolute Gasteiger partial charge is 0.479 e. The Morgan fingerprint density at radius 3 is 3.23 bits per heavy atom. The fourth-order valence-electron chi connectivity index (χ4n) is 1.28. The van der Waals surface area contributed by atoms with Gasteiger partial charge in [-0.15, -0.1) is 0 Å². The van der Waals surface area contributed by atoms with Crippen molar-refractivity contribution in [2.75, 3.05) is 17.6 Å². The van der Waals surface area contributed by atoms with Crippen molar-refractivity contribution in [3.63, 3.8) is 0 Å². The van der Waals surface area contributed by atoms with Crippen LogP contribution in [0.3, 0.4) is 0 Å². The summed E-state index contributed by atoms with van der Waals surface area (Å²) < 4.78 is 5.35. The Kier molecular flexibility index (Phi) is 1.81. The van der Waals surface area contributed by atoms with Gasteiger partial charge in [-0.3, -0.25) is 4.79 Å². The quantitative estimate of drug-likeness (QED) is 0.489. The lowest BCUT2D eigenvalue weighted by Gasteiger charge is -2.23. The van der Waals surface area contributed by atoms with Crippen LogP contribution < -0.4 is 15.8 Å². The molecule has 1 aliphatic heterocycles. The molecule has 4 nitrogen and oxygen atoms in total. The van der Waals surface area contributed by atoms with Crippen molar-refractivity contribution in [1.82, 2.24) is 0 Å². The minimum atomic E-state index is -0.392. The molecule has 4 heteroatoms. The van der Waals surface area contributed by atoms with Crippen LogP contribution >= 0.6 is 0 Å². The number of nitrogen functional groups attached to an aromatic ring is 1. The minimum absolute atomic E-state index is 0.392. The van der Waals surface area contributed by atoms with E-state index in [9.17, 15) is 4.79 Å². The summed E-state index contributed by atoms with van der Waals surface area (Å²) in [6.45, 7) is 0.500. The zero-order valence-electron chi connectivity index (χ0n) is 6.99. The summed E-state index contributed by atoms with van der Waals surface area (Å²) >= 11 is 0. The number of carbonyl (C=O) groups excluding carboxylic acids is 1. The predicted molar refractivity (Wildman–Crippen MR) is 49.8 cm³/mol. The van der Waals surface area contributed by atoms with Crippen molar-refractivity contribution >= 4 is 17.7 Å². The highest BCUT2D eigenvalue weighted by Crippen LogP contribution is 2.30. The Labute approximate surface area is 75.7 Å². The van der Waals surface area contributed by atoms with Gasteiger partial charge in [0.15, 0.2) is 12.4 Å². The number of nitrogens with one attached hydrogen (secondary N) is 1. The third-order valence-electron chi connectivity index (χ3n) is 1.93. The number of hydrogen-bond acceptors (Lipinski definition) is 4. The number of rotatable bonds is 1. The monoisotopic (exact) mass is 178 g/mol. The molecule has 0 fully saturated rings. The summed E-state index contributed by atoms with van der Waals surface area (Å²) in [5, 5.41) is 3.07. The number of hydrogen-bond donors (Lipinski definition) is 2. The summed E-state index contributed by atoms with van der Waals surface area (Å²) in [4.78, 5) is 10.4. The second kappa shape index (κ2) is 2.97. The standard InChI is InChI=1S/C9H10N2O2/c10-6-1-2-9-8(3-6)11-4-7(5-12)13-9/h1-3,5,7,11H,4,10H2. The Morgan fingerprint density at radius 2 is 2.46 bits per heavy atom. The number of ether oxygens (including phenoxy) is 1. The number of benzene rings is 1. The first-order valence-corrected chi connectivity index (χ1v) is 4.05. The van der Waals surface area contributed by atoms with Crippen LogP contribution in [0.25, 0.3) is 0 Å². The van der Waals surface area contributed by atoms with Gasteiger partial charge in [0.1, 0.15) is 5.75 Å². The van der Waals surface area contributed by atoms with Crippen molar-refractivity contribution in [2.45, 2.75) is 6.10 Å². The van der Waals surface area contributed by atoms with Crippen LogP contribution in [-0.4, -0.2) is 18.9 Å². The Morgan fingerprint density at radius 1 is 1.62 bits per heavy atom. The highest BCUT2D eigenvalue weighted by Gasteiger charge is 2.17. The highest BCUT2D eigenvalue weighted by atomic mass is 16.5. The maximum Gasteiger partial charge on any atom is 0.171 e. The lowest BCUT2D eigenvalue weighted by atomic mass is 10.2. The molecule has 0 aliphatic carbocycles. The van der Waals surface area contributed by atoms with Crippen LogP contribution in [0.1, 0.15) is 0 Å². The van der Waals surface area contributed by atoms with E-state index in [1.807, 2.05) is 0 Å². The average molecular weight is 178 g/mol. The van der Waals surface area contributed by atoms with Gasteiger partial charge in [-0.1, -0.05) is 0 Å². The fourth-order valence-corrected chi connectivity index (χ4v) is 1.28. The first-order valence-electron chi connectivity index (χ1n) is 4.05. The number of fused-ring (bicyclic) bond motifs is 1. The minimum Gasteiger partial charge on any atom is -0.479 e. The molecule has 1 aliphatic rings. The SMILES string of the molecule is Nc1ccc2c(c1)NCC(C=O)O2. The predicted octanol–water partition coefficient (Wildman–Crippen LogP) is 0.641. The van der Waals surface area contributed by atoms with Crippen LogP contribution in [0.5, 0.6) is 5.75 Å². The first kappa shape index (κ1) is 7.91. The van der Waals surface area contributed by atoms with Crippen LogP contribution in [0.2, 0.25) is 0 Å². The first-order chi connectivity index (χ1) is 6.29. The molecule has 13 heavy (non-hydrogen) atoms. The van der Waals surface area contributed by atoms with Gasteiger partial charge in [0, 0.05) is 5.69 Å². The van der Waals surface area contributed by atoms with Gasteiger partial charge in [-0.25, -0.2) is 0 Å². The van der Waals surface area contributed by atoms with E-state index in [-0.39, 0.29) is 0 Å². The van der Waals surface area contributed by atoms with Crippen molar-refractivity contribution in [2.24, 2.45) is 0 Å². The zero-order chi connectivity index (χ0) is 9.26. The van der Waals surface area contributed by atoms with Crippen molar-refractivity contribution in [1.29, 1.82) is 0 Å². The Bertz CT molecular complexity index is 338. The van der Waals surface area contributed by atoms with E-state index in [2.05, 4.69) is 5.32 Å². The van der Waals surface area contributed by atoms with Crippen molar-refractivity contribution < 1.29 is 9.53 Å². The number of carbonyl (C=O) groups is 1. The Balaban J connectivity index is 2.31. The summed E-state index contributed by atoms with van der Waals surface area (Å²) in [5.41, 5.74) is 7.11. The molecule has 1 aromatic carbocycles. The molecule has 1 unspecified atom stereocenters. The van der Waals surface area contributed by atoms with E-state index < -0.39 is 6.10 Å². The molecule has 0 bridgehead atoms. The maximum absolute atomic E-state index is 10.4. The lowest BCUT2D eigenvalue weighted by Crippen LogP contribution is -2.31. The summed E-state index contributed by atoms with van der Waals surface area (Å²) in [6.07, 6.45) is 0.392. The molecule has 68 valence electrons. The van der Waals surface area contributed by atoms with Crippen molar-refractivity contribution in [3.8, 4) is 5.75 Å². The molecule has 0 spiro atoms. The van der Waals surface area contributed by atoms with E-state index in [0.717, 1.165) is 12.0 Å². The molecule has 0 amide bonds. The number of aldehydes is 1. The van der Waals surface area contributed by atoms with Gasteiger partial charge in [-0.2, -0.15) is 0 Å². The van der Waals surface area contributed by atoms with Crippen molar-refractivity contribution in [3.05, 3.63) is 18.2 Å². The van der Waals surface area contributed by atoms with Gasteiger partial charge >= 0.3 is 0 Å². The van der Waals surface area contributed by atoms with Crippen LogP contribution in [0.4, 0.5) is 11.4 Å². The van der Waals surface area contributed by atoms with E-state index in [1.54, 1.807) is 18.2 Å². The van der Waals surface area contributed by atoms with Gasteiger partial charge in [0.25, 0.3) is 0 Å². The summed E-state index contributed by atoms with van der Waals surface area (Å²) in [6, 6.07) is 5.29. The highest BCUT2D eigenvalue weighted by molar-refractivity contribution is 5.68. The molecule has 1 heterocycles. The van der Waals surface area contributed by atoms with Crippen LogP contribution in [0, 0.1) is 0 Å². The number of nitrogens with two attached hydrogens (primary N) is 1. The molecule has 0 aromatic heterocycles. The van der Waals surface area contributed by atoms with E-state index >= 15 is 0 Å². The topological polar surface area (TPSA) is 64.3 Å². The molecule has 1 aromatic rings. The molecule has 0 saturated carbocycles. The smallest absolute Gasteiger partial charge is 0.171 e. The molecule has 0 saturated heterocycles. The summed E-state index contributed by atoms with van der Waals surface area (Å²) in [7, 11) is 0. The fraction of sp³-hybridized carbons (Fsp3) is 0.222. The van der Waals surface area contributed by atoms with Crippen LogP contribution in [-0.2, 0) is 4.79 Å². The molecule has 0 radical (unpaired) electrons. The van der Waals surface area contributed by atoms with Gasteiger partial charge in [-0.05, 0) is 18.2 Å². The van der Waals surface area contributed by atoms with Gasteiger partial charge in [0.2, 0.25) is 0 Å². The molecule has 1 atom stereocenters. The second-order valence-electron chi connectivity index (χ2n) is 2.93. The van der Waals surface area contributed by atoms with Gasteiger partial charge < -0.3 is 15.8 Å². The zero-order valence-corrected chi connectivity index (χ0v) is 6.99. The molecular weight excluding hydrogens is 168 g/mol. The normalized spacial score (nSPS) is 19.5. The lowest BCUT2D eigenvalue weighted by molar-refractivity contribution is -0.113.